The Morgan fingerprint density at radius 2 is 1.85 bits per heavy atom. The van der Waals surface area contributed by atoms with Gasteiger partial charge in [-0.2, -0.15) is 0 Å². The molecule has 0 heterocycles. The molecule has 0 aliphatic carbocycles. The van der Waals surface area contributed by atoms with Crippen LogP contribution in [0.25, 0.3) is 0 Å². The third kappa shape index (κ3) is 5.24. The van der Waals surface area contributed by atoms with Crippen LogP contribution in [0.2, 0.25) is 5.02 Å². The zero-order valence-corrected chi connectivity index (χ0v) is 15.7. The molecule has 2 amide bonds. The first-order chi connectivity index (χ1) is 12.8. The molecule has 0 radical (unpaired) electrons. The summed E-state index contributed by atoms with van der Waals surface area (Å²) in [4.78, 5) is 47.1. The normalized spacial score (nSPS) is 11.4. The Morgan fingerprint density at radius 1 is 1.11 bits per heavy atom. The van der Waals surface area contributed by atoms with E-state index in [0.29, 0.717) is 35.2 Å². The number of nitrogens with one attached hydrogen (secondary N) is 2. The number of amides is 2. The van der Waals surface area contributed by atoms with E-state index in [-0.39, 0.29) is 16.8 Å². The van der Waals surface area contributed by atoms with Gasteiger partial charge in [-0.25, -0.2) is 0 Å². The van der Waals surface area contributed by atoms with Crippen molar-refractivity contribution < 1.29 is 19.2 Å². The topological polar surface area (TPSA) is 92.3 Å². The Morgan fingerprint density at radius 3 is 2.44 bits per heavy atom. The predicted molar refractivity (Wildman–Crippen MR) is 104 cm³/mol. The molecule has 1 atom stereocenters. The molecule has 0 fully saturated rings. The molecule has 6 nitrogen and oxygen atoms in total. The number of carbonyl (C=O) groups excluding carboxylic acids is 4. The molecule has 7 heteroatoms. The smallest absolute Gasteiger partial charge is 0.224 e. The lowest BCUT2D eigenvalue weighted by Gasteiger charge is -2.13. The van der Waals surface area contributed by atoms with Crippen LogP contribution in [0.4, 0.5) is 11.4 Å². The third-order valence-corrected chi connectivity index (χ3v) is 4.15. The van der Waals surface area contributed by atoms with Gasteiger partial charge in [0.2, 0.25) is 11.8 Å². The fourth-order valence-corrected chi connectivity index (χ4v) is 2.72. The number of benzene rings is 2. The number of rotatable bonds is 7. The van der Waals surface area contributed by atoms with E-state index in [2.05, 4.69) is 10.6 Å². The highest BCUT2D eigenvalue weighted by Gasteiger charge is 2.23. The van der Waals surface area contributed by atoms with E-state index in [0.717, 1.165) is 0 Å². The highest BCUT2D eigenvalue weighted by atomic mass is 35.5. The van der Waals surface area contributed by atoms with Crippen molar-refractivity contribution in [1.29, 1.82) is 0 Å². The van der Waals surface area contributed by atoms with Crippen LogP contribution in [-0.4, -0.2) is 23.9 Å². The largest absolute Gasteiger partial charge is 0.326 e. The highest BCUT2D eigenvalue weighted by Crippen LogP contribution is 2.28. The standard InChI is InChI=1S/C20H19ClN2O4/c1-3-19(26)23-15-6-4-5-14(9-15)20(27)16(11-24)13-7-8-18(17(21)10-13)22-12(2)25/h4-11,16H,3H2,1-2H3,(H,22,25)(H,23,26). The molecule has 0 bridgehead atoms. The molecule has 2 N–H and O–H groups in total. The fraction of sp³-hybridized carbons (Fsp3) is 0.200. The summed E-state index contributed by atoms with van der Waals surface area (Å²) in [6.45, 7) is 3.08. The van der Waals surface area contributed by atoms with Crippen LogP contribution in [0.3, 0.4) is 0 Å². The molecule has 0 saturated heterocycles. The van der Waals surface area contributed by atoms with Gasteiger partial charge in [-0.1, -0.05) is 36.7 Å². The minimum atomic E-state index is -1.05. The van der Waals surface area contributed by atoms with E-state index in [1.54, 1.807) is 37.3 Å². The predicted octanol–water partition coefficient (Wildman–Crippen LogP) is 3.81. The number of anilines is 2. The maximum atomic E-state index is 12.8. The van der Waals surface area contributed by atoms with Gasteiger partial charge in [-0.15, -0.1) is 0 Å². The van der Waals surface area contributed by atoms with Crippen LogP contribution >= 0.6 is 11.6 Å². The Kier molecular flexibility index (Phi) is 6.85. The first-order valence-corrected chi connectivity index (χ1v) is 8.70. The van der Waals surface area contributed by atoms with E-state index in [1.807, 2.05) is 0 Å². The van der Waals surface area contributed by atoms with Crippen molar-refractivity contribution in [3.8, 4) is 0 Å². The number of halogens is 1. The van der Waals surface area contributed by atoms with E-state index in [4.69, 9.17) is 11.6 Å². The van der Waals surface area contributed by atoms with Crippen molar-refractivity contribution in [2.24, 2.45) is 0 Å². The third-order valence-electron chi connectivity index (χ3n) is 3.83. The van der Waals surface area contributed by atoms with Crippen molar-refractivity contribution in [1.82, 2.24) is 0 Å². The molecule has 27 heavy (non-hydrogen) atoms. The summed E-state index contributed by atoms with van der Waals surface area (Å²) in [5.74, 6) is -1.92. The quantitative estimate of drug-likeness (QED) is 0.430. The average molecular weight is 387 g/mol. The summed E-state index contributed by atoms with van der Waals surface area (Å²) >= 11 is 6.13. The van der Waals surface area contributed by atoms with Gasteiger partial charge in [0.25, 0.3) is 0 Å². The number of ketones is 1. The van der Waals surface area contributed by atoms with Crippen molar-refractivity contribution in [2.75, 3.05) is 10.6 Å². The van der Waals surface area contributed by atoms with Gasteiger partial charge in [0.1, 0.15) is 12.2 Å². The van der Waals surface area contributed by atoms with Crippen LogP contribution in [-0.2, 0) is 14.4 Å². The van der Waals surface area contributed by atoms with Crippen LogP contribution in [0.5, 0.6) is 0 Å². The lowest BCUT2D eigenvalue weighted by molar-refractivity contribution is -0.116. The van der Waals surface area contributed by atoms with Gasteiger partial charge in [0, 0.05) is 24.6 Å². The minimum absolute atomic E-state index is 0.174. The van der Waals surface area contributed by atoms with Crippen molar-refractivity contribution in [3.05, 3.63) is 58.6 Å². The number of aldehydes is 1. The van der Waals surface area contributed by atoms with Crippen LogP contribution in [0, 0.1) is 0 Å². The monoisotopic (exact) mass is 386 g/mol. The molecule has 1 unspecified atom stereocenters. The number of Topliss-reactive ketones (excluding diaryl/α,β-unsaturated/α-hetero) is 1. The molecule has 0 aliphatic heterocycles. The van der Waals surface area contributed by atoms with Gasteiger partial charge in [-0.05, 0) is 29.8 Å². The number of carbonyl (C=O) groups is 4. The Bertz CT molecular complexity index is 895. The number of hydrogen-bond acceptors (Lipinski definition) is 4. The second kappa shape index (κ2) is 9.09. The van der Waals surface area contributed by atoms with Crippen LogP contribution < -0.4 is 10.6 Å². The molecule has 2 rings (SSSR count). The summed E-state index contributed by atoms with van der Waals surface area (Å²) in [5, 5.41) is 5.47. The summed E-state index contributed by atoms with van der Waals surface area (Å²) in [7, 11) is 0. The van der Waals surface area contributed by atoms with E-state index in [9.17, 15) is 19.2 Å². The Labute approximate surface area is 161 Å². The lowest BCUT2D eigenvalue weighted by Crippen LogP contribution is -2.16. The molecular weight excluding hydrogens is 368 g/mol. The molecule has 0 aliphatic rings. The maximum absolute atomic E-state index is 12.8. The zero-order valence-electron chi connectivity index (χ0n) is 14.9. The second-order valence-corrected chi connectivity index (χ2v) is 6.29. The molecule has 2 aromatic rings. The van der Waals surface area contributed by atoms with Crippen molar-refractivity contribution in [2.45, 2.75) is 26.2 Å². The lowest BCUT2D eigenvalue weighted by atomic mass is 9.91. The second-order valence-electron chi connectivity index (χ2n) is 5.88. The maximum Gasteiger partial charge on any atom is 0.224 e. The van der Waals surface area contributed by atoms with Gasteiger partial charge in [0.05, 0.1) is 10.7 Å². The molecular formula is C20H19ClN2O4. The molecule has 0 saturated carbocycles. The Hall–Kier alpha value is -2.99. The van der Waals surface area contributed by atoms with Crippen LogP contribution in [0.15, 0.2) is 42.5 Å². The molecule has 140 valence electrons. The summed E-state index contributed by atoms with van der Waals surface area (Å²) in [6.07, 6.45) is 0.859. The van der Waals surface area contributed by atoms with Gasteiger partial charge >= 0.3 is 0 Å². The minimum Gasteiger partial charge on any atom is -0.326 e. The fourth-order valence-electron chi connectivity index (χ4n) is 2.49. The molecule has 0 aromatic heterocycles. The SMILES string of the molecule is CCC(=O)Nc1cccc(C(=O)C(C=O)c2ccc(NC(C)=O)c(Cl)c2)c1. The van der Waals surface area contributed by atoms with Crippen molar-refractivity contribution >= 4 is 46.9 Å². The molecule has 0 spiro atoms. The first-order valence-electron chi connectivity index (χ1n) is 8.32. The van der Waals surface area contributed by atoms with E-state index < -0.39 is 11.7 Å². The van der Waals surface area contributed by atoms with Crippen molar-refractivity contribution in [3.63, 3.8) is 0 Å². The zero-order chi connectivity index (χ0) is 20.0. The van der Waals surface area contributed by atoms with Gasteiger partial charge in [-0.3, -0.25) is 14.4 Å². The molecule has 2 aromatic carbocycles. The highest BCUT2D eigenvalue weighted by molar-refractivity contribution is 6.33. The van der Waals surface area contributed by atoms with Gasteiger partial charge in [0.15, 0.2) is 5.78 Å². The van der Waals surface area contributed by atoms with Gasteiger partial charge < -0.3 is 15.4 Å². The summed E-state index contributed by atoms with van der Waals surface area (Å²) in [5.41, 5.74) is 1.59. The van der Waals surface area contributed by atoms with Crippen LogP contribution in [0.1, 0.15) is 42.1 Å². The first kappa shape index (κ1) is 20.3. The Balaban J connectivity index is 2.29. The summed E-state index contributed by atoms with van der Waals surface area (Å²) < 4.78 is 0. The number of hydrogen-bond donors (Lipinski definition) is 2. The average Bonchev–Trinajstić information content (AvgIpc) is 2.64. The van der Waals surface area contributed by atoms with E-state index in [1.165, 1.54) is 19.1 Å². The van der Waals surface area contributed by atoms with E-state index >= 15 is 0 Å². The summed E-state index contributed by atoms with van der Waals surface area (Å²) in [6, 6.07) is 11.0.